The Morgan fingerprint density at radius 2 is 1.95 bits per heavy atom. The molecule has 0 aliphatic heterocycles. The van der Waals surface area contributed by atoms with Crippen LogP contribution in [0.1, 0.15) is 39.5 Å². The van der Waals surface area contributed by atoms with E-state index in [0.29, 0.717) is 19.4 Å². The van der Waals surface area contributed by atoms with Crippen LogP contribution in [-0.2, 0) is 4.79 Å². The van der Waals surface area contributed by atoms with Gasteiger partial charge in [0, 0.05) is 12.5 Å². The minimum Gasteiger partial charge on any atom is -0.480 e. The summed E-state index contributed by atoms with van der Waals surface area (Å²) in [7, 11) is -1.32. The molecule has 0 amide bonds. The minimum absolute atomic E-state index is 0.0507. The number of carboxylic acid groups (broad SMARTS) is 1. The normalized spacial score (nSPS) is 29.6. The van der Waals surface area contributed by atoms with Crippen molar-refractivity contribution in [1.29, 1.82) is 0 Å². The van der Waals surface area contributed by atoms with E-state index in [1.54, 1.807) is 0 Å². The SMILES string of the molecule is CCN(CC)C[C@@H]1CCC(CCB(O)O)C[C@]1(N)C(=O)O. The van der Waals surface area contributed by atoms with Crippen LogP contribution in [-0.4, -0.2) is 58.3 Å². The fourth-order valence-electron chi connectivity index (χ4n) is 3.38. The number of carbonyl (C=O) groups is 1. The van der Waals surface area contributed by atoms with Gasteiger partial charge in [-0.3, -0.25) is 4.79 Å². The molecule has 1 unspecified atom stereocenters. The first-order valence-electron chi connectivity index (χ1n) is 7.94. The first-order valence-corrected chi connectivity index (χ1v) is 7.94. The van der Waals surface area contributed by atoms with Crippen molar-refractivity contribution < 1.29 is 19.9 Å². The molecule has 1 saturated carbocycles. The van der Waals surface area contributed by atoms with Crippen LogP contribution in [0, 0.1) is 11.8 Å². The number of rotatable bonds is 8. The molecule has 7 heteroatoms. The molecule has 0 heterocycles. The van der Waals surface area contributed by atoms with Gasteiger partial charge in [0.05, 0.1) is 0 Å². The molecule has 0 aromatic heterocycles. The van der Waals surface area contributed by atoms with Crippen LogP contribution in [0.3, 0.4) is 0 Å². The predicted molar refractivity (Wildman–Crippen MR) is 82.8 cm³/mol. The Morgan fingerprint density at radius 1 is 1.33 bits per heavy atom. The molecule has 0 saturated heterocycles. The Labute approximate surface area is 127 Å². The maximum atomic E-state index is 11.7. The molecule has 0 radical (unpaired) electrons. The monoisotopic (exact) mass is 300 g/mol. The van der Waals surface area contributed by atoms with Crippen molar-refractivity contribution >= 4 is 13.1 Å². The molecular formula is C14H29BN2O4. The second kappa shape index (κ2) is 8.12. The molecule has 122 valence electrons. The second-order valence-electron chi connectivity index (χ2n) is 6.23. The molecule has 6 nitrogen and oxygen atoms in total. The van der Waals surface area contributed by atoms with Gasteiger partial charge in [0.1, 0.15) is 5.54 Å². The zero-order chi connectivity index (χ0) is 16.0. The zero-order valence-corrected chi connectivity index (χ0v) is 13.2. The number of hydrogen-bond donors (Lipinski definition) is 4. The maximum Gasteiger partial charge on any atom is 0.451 e. The van der Waals surface area contributed by atoms with Crippen molar-refractivity contribution in [1.82, 2.24) is 4.90 Å². The maximum absolute atomic E-state index is 11.7. The largest absolute Gasteiger partial charge is 0.480 e. The molecule has 21 heavy (non-hydrogen) atoms. The van der Waals surface area contributed by atoms with Crippen molar-refractivity contribution in [2.75, 3.05) is 19.6 Å². The molecule has 0 spiro atoms. The van der Waals surface area contributed by atoms with Crippen LogP contribution < -0.4 is 5.73 Å². The van der Waals surface area contributed by atoms with Crippen LogP contribution in [0.5, 0.6) is 0 Å². The van der Waals surface area contributed by atoms with Gasteiger partial charge in [-0.25, -0.2) is 0 Å². The first-order chi connectivity index (χ1) is 9.83. The summed E-state index contributed by atoms with van der Waals surface area (Å²) in [6, 6.07) is 0. The summed E-state index contributed by atoms with van der Waals surface area (Å²) in [5, 5.41) is 27.5. The number of nitrogens with zero attached hydrogens (tertiary/aromatic N) is 1. The molecule has 1 aliphatic carbocycles. The van der Waals surface area contributed by atoms with Gasteiger partial charge in [0.25, 0.3) is 0 Å². The number of nitrogens with two attached hydrogens (primary N) is 1. The Kier molecular flexibility index (Phi) is 7.13. The summed E-state index contributed by atoms with van der Waals surface area (Å²) in [5.74, 6) is -0.833. The molecule has 3 atom stereocenters. The highest BCUT2D eigenvalue weighted by molar-refractivity contribution is 6.40. The van der Waals surface area contributed by atoms with Crippen molar-refractivity contribution in [2.45, 2.75) is 51.4 Å². The lowest BCUT2D eigenvalue weighted by molar-refractivity contribution is -0.148. The second-order valence-corrected chi connectivity index (χ2v) is 6.23. The minimum atomic E-state index is -1.32. The van der Waals surface area contributed by atoms with E-state index in [0.717, 1.165) is 25.9 Å². The Bertz CT molecular complexity index is 339. The lowest BCUT2D eigenvalue weighted by atomic mass is 9.66. The van der Waals surface area contributed by atoms with Gasteiger partial charge in [0.2, 0.25) is 0 Å². The van der Waals surface area contributed by atoms with E-state index in [1.165, 1.54) is 0 Å². The molecule has 0 bridgehead atoms. The topological polar surface area (TPSA) is 107 Å². The third-order valence-electron chi connectivity index (χ3n) is 4.88. The van der Waals surface area contributed by atoms with E-state index in [1.807, 2.05) is 0 Å². The van der Waals surface area contributed by atoms with Gasteiger partial charge in [-0.2, -0.15) is 0 Å². The molecule has 1 rings (SSSR count). The van der Waals surface area contributed by atoms with Crippen LogP contribution in [0.2, 0.25) is 6.32 Å². The van der Waals surface area contributed by atoms with Crippen molar-refractivity contribution in [3.8, 4) is 0 Å². The fourth-order valence-corrected chi connectivity index (χ4v) is 3.38. The van der Waals surface area contributed by atoms with E-state index < -0.39 is 18.6 Å². The standard InChI is InChI=1S/C14H29BN2O4/c1-3-17(4-2)10-12-6-5-11(7-8-15(20)21)9-14(12,16)13(18)19/h11-12,20-21H,3-10,16H2,1-2H3,(H,18,19)/t11?,12-,14+/m0/s1. The van der Waals surface area contributed by atoms with E-state index in [4.69, 9.17) is 15.8 Å². The summed E-state index contributed by atoms with van der Waals surface area (Å²) in [5.41, 5.74) is 5.05. The highest BCUT2D eigenvalue weighted by atomic mass is 16.4. The van der Waals surface area contributed by atoms with Crippen LogP contribution in [0.4, 0.5) is 0 Å². The third kappa shape index (κ3) is 4.95. The highest BCUT2D eigenvalue weighted by Gasteiger charge is 2.47. The summed E-state index contributed by atoms with van der Waals surface area (Å²) < 4.78 is 0. The van der Waals surface area contributed by atoms with Crippen LogP contribution in [0.15, 0.2) is 0 Å². The van der Waals surface area contributed by atoms with Gasteiger partial charge >= 0.3 is 13.1 Å². The van der Waals surface area contributed by atoms with Gasteiger partial charge in [-0.1, -0.05) is 20.3 Å². The van der Waals surface area contributed by atoms with Gasteiger partial charge < -0.3 is 25.8 Å². The fraction of sp³-hybridized carbons (Fsp3) is 0.929. The number of hydrogen-bond acceptors (Lipinski definition) is 5. The Morgan fingerprint density at radius 3 is 2.43 bits per heavy atom. The van der Waals surface area contributed by atoms with E-state index in [-0.39, 0.29) is 18.2 Å². The van der Waals surface area contributed by atoms with Gasteiger partial charge in [-0.05, 0) is 44.6 Å². The lowest BCUT2D eigenvalue weighted by Gasteiger charge is -2.43. The average molecular weight is 300 g/mol. The lowest BCUT2D eigenvalue weighted by Crippen LogP contribution is -2.60. The molecule has 1 fully saturated rings. The Balaban J connectivity index is 2.72. The summed E-state index contributed by atoms with van der Waals surface area (Å²) >= 11 is 0. The third-order valence-corrected chi connectivity index (χ3v) is 4.88. The van der Waals surface area contributed by atoms with Crippen LogP contribution in [0.25, 0.3) is 0 Å². The highest BCUT2D eigenvalue weighted by Crippen LogP contribution is 2.38. The van der Waals surface area contributed by atoms with Crippen molar-refractivity contribution in [2.24, 2.45) is 17.6 Å². The molecule has 0 aromatic carbocycles. The molecule has 1 aliphatic rings. The average Bonchev–Trinajstić information content (AvgIpc) is 2.44. The van der Waals surface area contributed by atoms with Gasteiger partial charge in [-0.15, -0.1) is 0 Å². The first kappa shape index (κ1) is 18.4. The smallest absolute Gasteiger partial charge is 0.451 e. The Hall–Kier alpha value is -0.625. The molecule has 5 N–H and O–H groups in total. The van der Waals surface area contributed by atoms with E-state index in [9.17, 15) is 9.90 Å². The molecule has 0 aromatic rings. The zero-order valence-electron chi connectivity index (χ0n) is 13.2. The van der Waals surface area contributed by atoms with Crippen LogP contribution >= 0.6 is 0 Å². The van der Waals surface area contributed by atoms with E-state index in [2.05, 4.69) is 18.7 Å². The van der Waals surface area contributed by atoms with Crippen molar-refractivity contribution in [3.05, 3.63) is 0 Å². The number of carboxylic acids is 1. The molecular weight excluding hydrogens is 271 g/mol. The van der Waals surface area contributed by atoms with E-state index >= 15 is 0 Å². The predicted octanol–water partition coefficient (Wildman–Crippen LogP) is 0.390. The van der Waals surface area contributed by atoms with Crippen molar-refractivity contribution in [3.63, 3.8) is 0 Å². The van der Waals surface area contributed by atoms with Gasteiger partial charge in [0.15, 0.2) is 0 Å². The summed E-state index contributed by atoms with van der Waals surface area (Å²) in [6.45, 7) is 6.63. The number of aliphatic carboxylic acids is 1. The summed E-state index contributed by atoms with van der Waals surface area (Å²) in [6.07, 6.45) is 3.00. The summed E-state index contributed by atoms with van der Waals surface area (Å²) in [4.78, 5) is 13.9. The quantitative estimate of drug-likeness (QED) is 0.483.